The van der Waals surface area contributed by atoms with E-state index >= 15 is 0 Å². The van der Waals surface area contributed by atoms with Crippen LogP contribution in [-0.2, 0) is 11.3 Å². The van der Waals surface area contributed by atoms with Gasteiger partial charge in [-0.15, -0.1) is 0 Å². The van der Waals surface area contributed by atoms with Gasteiger partial charge in [-0.25, -0.2) is 23.5 Å². The van der Waals surface area contributed by atoms with Crippen molar-refractivity contribution in [2.45, 2.75) is 25.4 Å². The third-order valence-corrected chi connectivity index (χ3v) is 4.13. The SMILES string of the molecule is CC1COC(=O)N1Cc1nc(N2CC(F)(F)C2)ncc1Br. The van der Waals surface area contributed by atoms with Crippen LogP contribution in [0, 0.1) is 0 Å². The number of carbonyl (C=O) groups is 1. The Balaban J connectivity index is 1.77. The van der Waals surface area contributed by atoms with Crippen LogP contribution in [0.3, 0.4) is 0 Å². The average molecular weight is 363 g/mol. The number of rotatable bonds is 3. The molecule has 0 radical (unpaired) electrons. The lowest BCUT2D eigenvalue weighted by Crippen LogP contribution is -2.57. The summed E-state index contributed by atoms with van der Waals surface area (Å²) < 4.78 is 31.4. The first-order valence-corrected chi connectivity index (χ1v) is 7.22. The molecule has 0 aliphatic carbocycles. The fourth-order valence-electron chi connectivity index (χ4n) is 2.24. The summed E-state index contributed by atoms with van der Waals surface area (Å²) in [6, 6.07) is -0.0452. The Bertz CT molecular complexity index is 578. The molecular weight excluding hydrogens is 350 g/mol. The number of halogens is 3. The Morgan fingerprint density at radius 2 is 2.24 bits per heavy atom. The number of carbonyl (C=O) groups excluding carboxylic acids is 1. The first-order chi connectivity index (χ1) is 9.85. The zero-order chi connectivity index (χ0) is 15.2. The summed E-state index contributed by atoms with van der Waals surface area (Å²) in [7, 11) is 0. The van der Waals surface area contributed by atoms with Crippen molar-refractivity contribution in [3.05, 3.63) is 16.4 Å². The highest BCUT2D eigenvalue weighted by atomic mass is 79.9. The molecule has 21 heavy (non-hydrogen) atoms. The minimum Gasteiger partial charge on any atom is -0.447 e. The van der Waals surface area contributed by atoms with Gasteiger partial charge in [0.25, 0.3) is 5.92 Å². The second kappa shape index (κ2) is 5.04. The van der Waals surface area contributed by atoms with E-state index in [1.807, 2.05) is 6.92 Å². The molecular formula is C12H13BrF2N4O2. The summed E-state index contributed by atoms with van der Waals surface area (Å²) >= 11 is 3.32. The molecule has 2 saturated heterocycles. The highest BCUT2D eigenvalue weighted by Crippen LogP contribution is 2.30. The fourth-order valence-corrected chi connectivity index (χ4v) is 2.55. The third kappa shape index (κ3) is 2.78. The lowest BCUT2D eigenvalue weighted by Gasteiger charge is -2.38. The van der Waals surface area contributed by atoms with Crippen LogP contribution in [-0.4, -0.2) is 52.6 Å². The van der Waals surface area contributed by atoms with Gasteiger partial charge >= 0.3 is 6.09 Å². The van der Waals surface area contributed by atoms with E-state index in [4.69, 9.17) is 4.74 Å². The minimum absolute atomic E-state index is 0.0452. The molecule has 1 aromatic rings. The number of amides is 1. The van der Waals surface area contributed by atoms with Crippen molar-refractivity contribution >= 4 is 28.0 Å². The molecule has 3 heterocycles. The normalized spacial score (nSPS) is 24.0. The van der Waals surface area contributed by atoms with E-state index < -0.39 is 12.0 Å². The van der Waals surface area contributed by atoms with E-state index in [0.29, 0.717) is 16.8 Å². The molecule has 9 heteroatoms. The van der Waals surface area contributed by atoms with Crippen molar-refractivity contribution in [3.63, 3.8) is 0 Å². The molecule has 6 nitrogen and oxygen atoms in total. The van der Waals surface area contributed by atoms with Crippen molar-refractivity contribution in [3.8, 4) is 0 Å². The Morgan fingerprint density at radius 1 is 1.52 bits per heavy atom. The summed E-state index contributed by atoms with van der Waals surface area (Å²) in [6.07, 6.45) is 1.12. The molecule has 2 fully saturated rings. The molecule has 0 aromatic carbocycles. The van der Waals surface area contributed by atoms with E-state index in [1.54, 1.807) is 4.90 Å². The standard InChI is InChI=1S/C12H13BrF2N4O2/c1-7-4-21-11(20)19(7)3-9-8(13)2-16-10(17-9)18-5-12(14,15)6-18/h2,7H,3-6H2,1H3. The monoisotopic (exact) mass is 362 g/mol. The number of aromatic nitrogens is 2. The molecule has 2 aliphatic rings. The molecule has 1 atom stereocenters. The van der Waals surface area contributed by atoms with Gasteiger partial charge in [-0.1, -0.05) is 0 Å². The Hall–Kier alpha value is -1.51. The molecule has 0 N–H and O–H groups in total. The second-order valence-corrected chi connectivity index (χ2v) is 6.08. The van der Waals surface area contributed by atoms with Crippen LogP contribution in [0.25, 0.3) is 0 Å². The molecule has 0 spiro atoms. The third-order valence-electron chi connectivity index (χ3n) is 3.47. The maximum atomic E-state index is 12.9. The molecule has 2 aliphatic heterocycles. The predicted octanol–water partition coefficient (Wildman–Crippen LogP) is 2.04. The summed E-state index contributed by atoms with van der Waals surface area (Å²) in [4.78, 5) is 22.9. The largest absolute Gasteiger partial charge is 0.447 e. The topological polar surface area (TPSA) is 58.6 Å². The van der Waals surface area contributed by atoms with Crippen LogP contribution in [0.5, 0.6) is 0 Å². The van der Waals surface area contributed by atoms with Gasteiger partial charge < -0.3 is 9.64 Å². The fraction of sp³-hybridized carbons (Fsp3) is 0.583. The van der Waals surface area contributed by atoms with Crippen LogP contribution >= 0.6 is 15.9 Å². The molecule has 3 rings (SSSR count). The van der Waals surface area contributed by atoms with Gasteiger partial charge in [0.1, 0.15) is 6.61 Å². The minimum atomic E-state index is -2.68. The van der Waals surface area contributed by atoms with E-state index in [0.717, 1.165) is 0 Å². The molecule has 1 unspecified atom stereocenters. The number of hydrogen-bond donors (Lipinski definition) is 0. The first kappa shape index (κ1) is 14.4. The van der Waals surface area contributed by atoms with Gasteiger partial charge in [0.05, 0.1) is 35.8 Å². The molecule has 1 amide bonds. The highest BCUT2D eigenvalue weighted by molar-refractivity contribution is 9.10. The molecule has 114 valence electrons. The van der Waals surface area contributed by atoms with Gasteiger partial charge in [-0.3, -0.25) is 4.90 Å². The van der Waals surface area contributed by atoms with E-state index in [-0.39, 0.29) is 31.6 Å². The number of ether oxygens (including phenoxy) is 1. The number of cyclic esters (lactones) is 1. The van der Waals surface area contributed by atoms with Gasteiger partial charge in [-0.05, 0) is 22.9 Å². The van der Waals surface area contributed by atoms with Crippen molar-refractivity contribution in [2.24, 2.45) is 0 Å². The Labute approximate surface area is 128 Å². The maximum absolute atomic E-state index is 12.9. The van der Waals surface area contributed by atoms with Gasteiger partial charge in [-0.2, -0.15) is 0 Å². The summed E-state index contributed by atoms with van der Waals surface area (Å²) in [6.45, 7) is 1.70. The van der Waals surface area contributed by atoms with Gasteiger partial charge in [0.2, 0.25) is 5.95 Å². The van der Waals surface area contributed by atoms with Crippen molar-refractivity contribution in [2.75, 3.05) is 24.6 Å². The lowest BCUT2D eigenvalue weighted by atomic mass is 10.2. The molecule has 0 saturated carbocycles. The molecule has 1 aromatic heterocycles. The van der Waals surface area contributed by atoms with Crippen molar-refractivity contribution in [1.82, 2.24) is 14.9 Å². The van der Waals surface area contributed by atoms with Crippen LogP contribution in [0.15, 0.2) is 10.7 Å². The highest BCUT2D eigenvalue weighted by Gasteiger charge is 2.45. The zero-order valence-electron chi connectivity index (χ0n) is 11.2. The van der Waals surface area contributed by atoms with Crippen molar-refractivity contribution < 1.29 is 18.3 Å². The molecule has 0 bridgehead atoms. The number of hydrogen-bond acceptors (Lipinski definition) is 5. The van der Waals surface area contributed by atoms with Crippen molar-refractivity contribution in [1.29, 1.82) is 0 Å². The number of alkyl halides is 2. The van der Waals surface area contributed by atoms with Crippen LogP contribution in [0.4, 0.5) is 19.5 Å². The van der Waals surface area contributed by atoms with E-state index in [1.165, 1.54) is 11.1 Å². The number of anilines is 1. The Kier molecular flexibility index (Phi) is 3.46. The van der Waals surface area contributed by atoms with E-state index in [9.17, 15) is 13.6 Å². The summed E-state index contributed by atoms with van der Waals surface area (Å²) in [5.41, 5.74) is 0.570. The van der Waals surface area contributed by atoms with Crippen LogP contribution < -0.4 is 4.90 Å². The van der Waals surface area contributed by atoms with Crippen LogP contribution in [0.2, 0.25) is 0 Å². The second-order valence-electron chi connectivity index (χ2n) is 5.23. The van der Waals surface area contributed by atoms with Gasteiger partial charge in [0, 0.05) is 6.20 Å². The summed E-state index contributed by atoms with van der Waals surface area (Å²) in [5, 5.41) is 0. The lowest BCUT2D eigenvalue weighted by molar-refractivity contribution is -0.0272. The Morgan fingerprint density at radius 3 is 2.81 bits per heavy atom. The summed E-state index contributed by atoms with van der Waals surface area (Å²) in [5.74, 6) is -2.43. The first-order valence-electron chi connectivity index (χ1n) is 6.43. The maximum Gasteiger partial charge on any atom is 0.410 e. The quantitative estimate of drug-likeness (QED) is 0.823. The zero-order valence-corrected chi connectivity index (χ0v) is 12.8. The van der Waals surface area contributed by atoms with E-state index in [2.05, 4.69) is 25.9 Å². The van der Waals surface area contributed by atoms with Gasteiger partial charge in [0.15, 0.2) is 0 Å². The smallest absolute Gasteiger partial charge is 0.410 e. The van der Waals surface area contributed by atoms with Crippen LogP contribution in [0.1, 0.15) is 12.6 Å². The average Bonchev–Trinajstić information content (AvgIpc) is 2.70. The number of nitrogens with zero attached hydrogens (tertiary/aromatic N) is 4. The predicted molar refractivity (Wildman–Crippen MR) is 73.2 cm³/mol.